The molecule has 1 N–H and O–H groups in total. The molecule has 340 valence electrons. The lowest BCUT2D eigenvalue weighted by Gasteiger charge is -2.43. The van der Waals surface area contributed by atoms with Crippen molar-refractivity contribution in [1.82, 2.24) is 0 Å². The molecule has 4 atom stereocenters. The monoisotopic (exact) mass is 890 g/mol. The highest BCUT2D eigenvalue weighted by atomic mass is 28.4. The third-order valence-corrected chi connectivity index (χ3v) is 21.7. The molecule has 0 fully saturated rings. The van der Waals surface area contributed by atoms with Crippen molar-refractivity contribution in [3.63, 3.8) is 0 Å². The fraction of sp³-hybridized carbons (Fsp3) is 0.426. The lowest BCUT2D eigenvalue weighted by atomic mass is 9.99. The van der Waals surface area contributed by atoms with Crippen LogP contribution in [-0.4, -0.2) is 66.3 Å². The highest BCUT2D eigenvalue weighted by Crippen LogP contribution is 2.39. The van der Waals surface area contributed by atoms with E-state index in [0.717, 1.165) is 17.7 Å². The van der Waals surface area contributed by atoms with Gasteiger partial charge in [0.15, 0.2) is 8.32 Å². The van der Waals surface area contributed by atoms with Crippen LogP contribution in [0.5, 0.6) is 5.75 Å². The van der Waals surface area contributed by atoms with Crippen LogP contribution in [0.2, 0.25) is 23.2 Å². The molecule has 0 bridgehead atoms. The number of aliphatic hydroxyl groups is 1. The number of allylic oxidation sites excluding steroid dienone is 3. The summed E-state index contributed by atoms with van der Waals surface area (Å²) in [5, 5.41) is 11.5. The van der Waals surface area contributed by atoms with Gasteiger partial charge in [0.05, 0.1) is 38.1 Å². The largest absolute Gasteiger partial charge is 0.497 e. The van der Waals surface area contributed by atoms with Gasteiger partial charge in [0, 0.05) is 19.4 Å². The highest BCUT2D eigenvalue weighted by Gasteiger charge is 2.50. The molecule has 0 heterocycles. The molecule has 7 nitrogen and oxygen atoms in total. The molecule has 0 amide bonds. The van der Waals surface area contributed by atoms with Crippen LogP contribution in [0.3, 0.4) is 0 Å². The van der Waals surface area contributed by atoms with Crippen LogP contribution in [0, 0.1) is 5.92 Å². The Morgan fingerprint density at radius 1 is 0.714 bits per heavy atom. The Kier molecular flexibility index (Phi) is 20.1. The van der Waals surface area contributed by atoms with Crippen LogP contribution in [0.25, 0.3) is 0 Å². The molecule has 4 rings (SSSR count). The summed E-state index contributed by atoms with van der Waals surface area (Å²) in [6.07, 6.45) is 13.8. The van der Waals surface area contributed by atoms with E-state index in [0.29, 0.717) is 38.0 Å². The van der Waals surface area contributed by atoms with Crippen LogP contribution >= 0.6 is 0 Å². The number of rotatable bonds is 24. The zero-order valence-corrected chi connectivity index (χ0v) is 41.6. The summed E-state index contributed by atoms with van der Waals surface area (Å²) in [6, 6.07) is 38.4. The Labute approximate surface area is 381 Å². The molecule has 0 aliphatic heterocycles. The Bertz CT molecular complexity index is 1960. The normalized spacial score (nSPS) is 14.8. The van der Waals surface area contributed by atoms with Gasteiger partial charge in [-0.1, -0.05) is 176 Å². The molecule has 63 heavy (non-hydrogen) atoms. The summed E-state index contributed by atoms with van der Waals surface area (Å²) in [6.45, 7) is 21.2. The van der Waals surface area contributed by atoms with Gasteiger partial charge >= 0.3 is 5.97 Å². The van der Waals surface area contributed by atoms with E-state index < -0.39 is 22.7 Å². The first kappa shape index (κ1) is 51.3. The third-order valence-electron chi connectivity index (χ3n) is 12.1. The Morgan fingerprint density at radius 3 is 1.84 bits per heavy atom. The fourth-order valence-electron chi connectivity index (χ4n) is 7.53. The van der Waals surface area contributed by atoms with E-state index in [2.05, 4.69) is 147 Å². The Balaban J connectivity index is 1.61. The number of carbonyl (C=O) groups excluding carboxylic acids is 1. The maximum absolute atomic E-state index is 13.8. The van der Waals surface area contributed by atoms with E-state index in [1.165, 1.54) is 10.4 Å². The number of aliphatic hydroxyl groups excluding tert-OH is 1. The number of esters is 1. The van der Waals surface area contributed by atoms with Gasteiger partial charge in [-0.2, -0.15) is 0 Å². The predicted molar refractivity (Wildman–Crippen MR) is 265 cm³/mol. The molecule has 0 unspecified atom stereocenters. The molecule has 4 aromatic rings. The quantitative estimate of drug-likeness (QED) is 0.0325. The van der Waals surface area contributed by atoms with Crippen LogP contribution in [0.4, 0.5) is 0 Å². The second-order valence-electron chi connectivity index (χ2n) is 19.0. The highest BCUT2D eigenvalue weighted by molar-refractivity contribution is 6.99. The van der Waals surface area contributed by atoms with E-state index >= 15 is 0 Å². The first-order chi connectivity index (χ1) is 30.0. The molecule has 0 saturated carbocycles. The maximum atomic E-state index is 13.8. The molecule has 0 aromatic heterocycles. The molecular weight excluding hydrogens is 817 g/mol. The minimum Gasteiger partial charge on any atom is -0.497 e. The molecule has 0 saturated heterocycles. The molecule has 0 aliphatic rings. The third kappa shape index (κ3) is 15.4. The van der Waals surface area contributed by atoms with Crippen molar-refractivity contribution in [2.75, 3.05) is 20.3 Å². The van der Waals surface area contributed by atoms with Crippen LogP contribution in [-0.2, 0) is 24.9 Å². The van der Waals surface area contributed by atoms with Gasteiger partial charge < -0.3 is 28.2 Å². The molecule has 9 heteroatoms. The fourth-order valence-corrected chi connectivity index (χ4v) is 13.5. The van der Waals surface area contributed by atoms with E-state index in [1.54, 1.807) is 25.3 Å². The standard InChI is InChI=1S/C54H74O7Si2/c1-43(25-23-24-39-55)51(58-42-44-34-36-46(57-8)37-35-44)33-22-12-17-28-48(61-62(9,10)53(2,3)4)41-47(60-52(56)45-26-15-11-16-27-45)38-40-59-63(54(5,6)7,49-29-18-13-19-30-49)50-31-20-14-21-32-50/h11-24,26-27,29-37,43,47-48,51,55H,25,28,38-42H2,1-10H3/b17-12+,24-23+,33-22+/t43-,47-,48+,51+/m1/s1. The maximum Gasteiger partial charge on any atom is 0.338 e. The summed E-state index contributed by atoms with van der Waals surface area (Å²) < 4.78 is 32.7. The van der Waals surface area contributed by atoms with Crippen LogP contribution in [0.1, 0.15) is 90.1 Å². The number of hydrogen-bond donors (Lipinski definition) is 1. The minimum atomic E-state index is -2.82. The lowest BCUT2D eigenvalue weighted by molar-refractivity contribution is 0.0102. The zero-order chi connectivity index (χ0) is 45.9. The van der Waals surface area contributed by atoms with Crippen molar-refractivity contribution < 1.29 is 33.0 Å². The van der Waals surface area contributed by atoms with Gasteiger partial charge in [-0.05, 0) is 82.1 Å². The van der Waals surface area contributed by atoms with Gasteiger partial charge in [-0.15, -0.1) is 0 Å². The number of ether oxygens (including phenoxy) is 3. The molecule has 0 radical (unpaired) electrons. The smallest absolute Gasteiger partial charge is 0.338 e. The number of hydrogen-bond acceptors (Lipinski definition) is 7. The minimum absolute atomic E-state index is 0.0148. The average Bonchev–Trinajstić information content (AvgIpc) is 3.26. The first-order valence-electron chi connectivity index (χ1n) is 22.5. The van der Waals surface area contributed by atoms with E-state index in [-0.39, 0.29) is 40.8 Å². The second kappa shape index (κ2) is 24.6. The van der Waals surface area contributed by atoms with Gasteiger partial charge in [0.2, 0.25) is 0 Å². The van der Waals surface area contributed by atoms with Crippen LogP contribution < -0.4 is 15.1 Å². The first-order valence-corrected chi connectivity index (χ1v) is 27.3. The van der Waals surface area contributed by atoms with E-state index in [1.807, 2.05) is 48.5 Å². The Morgan fingerprint density at radius 2 is 1.30 bits per heavy atom. The molecule has 0 spiro atoms. The van der Waals surface area contributed by atoms with Gasteiger partial charge in [0.25, 0.3) is 8.32 Å². The summed E-state index contributed by atoms with van der Waals surface area (Å²) in [7, 11) is -3.41. The van der Waals surface area contributed by atoms with Gasteiger partial charge in [-0.3, -0.25) is 0 Å². The number of benzene rings is 4. The van der Waals surface area contributed by atoms with Crippen molar-refractivity contribution in [3.8, 4) is 5.75 Å². The molecule has 0 aliphatic carbocycles. The number of carbonyl (C=O) groups is 1. The summed E-state index contributed by atoms with van der Waals surface area (Å²) in [5.74, 6) is 0.638. The second-order valence-corrected chi connectivity index (χ2v) is 28.0. The van der Waals surface area contributed by atoms with Crippen molar-refractivity contribution >= 4 is 33.0 Å². The summed E-state index contributed by atoms with van der Waals surface area (Å²) in [5.41, 5.74) is 1.58. The number of methoxy groups -OCH3 is 1. The van der Waals surface area contributed by atoms with Gasteiger partial charge in [-0.25, -0.2) is 4.79 Å². The lowest BCUT2D eigenvalue weighted by Crippen LogP contribution is -2.66. The topological polar surface area (TPSA) is 83.5 Å². The van der Waals surface area contributed by atoms with Crippen molar-refractivity contribution in [3.05, 3.63) is 163 Å². The van der Waals surface area contributed by atoms with Crippen molar-refractivity contribution in [2.24, 2.45) is 5.92 Å². The van der Waals surface area contributed by atoms with E-state index in [9.17, 15) is 9.90 Å². The summed E-state index contributed by atoms with van der Waals surface area (Å²) >= 11 is 0. The van der Waals surface area contributed by atoms with Crippen LogP contribution in [0.15, 0.2) is 152 Å². The average molecular weight is 891 g/mol. The Hall–Kier alpha value is -4.36. The van der Waals surface area contributed by atoms with Crippen molar-refractivity contribution in [1.29, 1.82) is 0 Å². The molecule has 4 aromatic carbocycles. The summed E-state index contributed by atoms with van der Waals surface area (Å²) in [4.78, 5) is 13.8. The predicted octanol–water partition coefficient (Wildman–Crippen LogP) is 11.6. The SMILES string of the molecule is COc1ccc(CO[C@@H](/C=C/C=C/C[C@@H](C[C@@H](CCO[Si](c2ccccc2)(c2ccccc2)C(C)(C)C)OC(=O)c2ccccc2)O[Si](C)(C)C(C)(C)C)[C@H](C)C/C=C/CO)cc1. The van der Waals surface area contributed by atoms with E-state index in [4.69, 9.17) is 23.1 Å². The van der Waals surface area contributed by atoms with Gasteiger partial charge in [0.1, 0.15) is 11.9 Å². The van der Waals surface area contributed by atoms with Crippen molar-refractivity contribution in [2.45, 2.75) is 122 Å². The molecular formula is C54H74O7Si2. The zero-order valence-electron chi connectivity index (χ0n) is 39.6.